The fraction of sp³-hybridized carbons (Fsp3) is 0. The van der Waals surface area contributed by atoms with Gasteiger partial charge in [-0.15, -0.1) is 0 Å². The number of fused-ring (bicyclic) bond motifs is 6. The van der Waals surface area contributed by atoms with Crippen molar-refractivity contribution in [2.75, 3.05) is 0 Å². The van der Waals surface area contributed by atoms with Gasteiger partial charge in [0.25, 0.3) is 0 Å². The van der Waals surface area contributed by atoms with Crippen LogP contribution >= 0.6 is 0 Å². The van der Waals surface area contributed by atoms with E-state index in [1.807, 2.05) is 103 Å². The third-order valence-electron chi connectivity index (χ3n) is 10.2. The predicted molar refractivity (Wildman–Crippen MR) is 218 cm³/mol. The van der Waals surface area contributed by atoms with Crippen molar-refractivity contribution in [3.8, 4) is 79.2 Å². The van der Waals surface area contributed by atoms with E-state index in [0.29, 0.717) is 28.8 Å². The van der Waals surface area contributed by atoms with E-state index >= 15 is 0 Å². The van der Waals surface area contributed by atoms with Crippen LogP contribution < -0.4 is 9.47 Å². The van der Waals surface area contributed by atoms with Crippen molar-refractivity contribution in [3.63, 3.8) is 0 Å². The van der Waals surface area contributed by atoms with Gasteiger partial charge in [-0.25, -0.2) is 9.97 Å². The first-order chi connectivity index (χ1) is 27.2. The van der Waals surface area contributed by atoms with Crippen LogP contribution in [0.5, 0.6) is 23.0 Å². The van der Waals surface area contributed by atoms with Crippen LogP contribution in [0.1, 0.15) is 0 Å². The summed E-state index contributed by atoms with van der Waals surface area (Å²) in [7, 11) is 0. The van der Waals surface area contributed by atoms with Crippen LogP contribution in [-0.4, -0.2) is 15.0 Å². The first kappa shape index (κ1) is 31.0. The molecule has 0 atom stereocenters. The molecular formula is C49H29N3O3. The molecule has 0 amide bonds. The summed E-state index contributed by atoms with van der Waals surface area (Å²) in [5, 5.41) is 3.14. The molecule has 3 aromatic heterocycles. The summed E-state index contributed by atoms with van der Waals surface area (Å²) in [6.07, 6.45) is 1.83. The zero-order chi connectivity index (χ0) is 36.3. The number of rotatable bonds is 5. The van der Waals surface area contributed by atoms with Gasteiger partial charge in [-0.2, -0.15) is 0 Å². The van der Waals surface area contributed by atoms with Gasteiger partial charge in [0.15, 0.2) is 28.8 Å². The van der Waals surface area contributed by atoms with Gasteiger partial charge in [0.1, 0.15) is 11.2 Å². The number of hydrogen-bond donors (Lipinski definition) is 0. The molecule has 4 heterocycles. The number of para-hydroxylation sites is 3. The lowest BCUT2D eigenvalue weighted by atomic mass is 9.92. The zero-order valence-electron chi connectivity index (χ0n) is 29.3. The highest BCUT2D eigenvalue weighted by Crippen LogP contribution is 2.47. The minimum Gasteiger partial charge on any atom is -0.456 e. The highest BCUT2D eigenvalue weighted by atomic mass is 16.6. The Balaban J connectivity index is 1.14. The number of ether oxygens (including phenoxy) is 2. The second kappa shape index (κ2) is 12.5. The number of hydrogen-bond acceptors (Lipinski definition) is 6. The standard InChI is InChI=1S/C49H29N3O3/c1-2-11-30(12-3-1)49-51-40(29-41(52-49)37-15-9-21-46-48(37)38-13-4-5-18-42(38)53-46)34-26-32(25-33(27-34)35-14-8-17-39-36(35)16-10-24-50-39)31-22-23-45-47(28-31)55-44-20-7-6-19-43(44)54-45/h1-29H. The van der Waals surface area contributed by atoms with Gasteiger partial charge >= 0.3 is 0 Å². The molecule has 0 unspecified atom stereocenters. The summed E-state index contributed by atoms with van der Waals surface area (Å²) in [5.74, 6) is 3.36. The van der Waals surface area contributed by atoms with Crippen molar-refractivity contribution in [2.45, 2.75) is 0 Å². The Morgan fingerprint density at radius 3 is 1.98 bits per heavy atom. The van der Waals surface area contributed by atoms with E-state index in [-0.39, 0.29) is 0 Å². The lowest BCUT2D eigenvalue weighted by Gasteiger charge is -2.21. The van der Waals surface area contributed by atoms with Gasteiger partial charge in [0.2, 0.25) is 0 Å². The Bertz CT molecular complexity index is 3110. The molecule has 258 valence electrons. The molecule has 1 aliphatic heterocycles. The molecule has 10 aromatic rings. The summed E-state index contributed by atoms with van der Waals surface area (Å²) in [6, 6.07) is 57.4. The Kier molecular flexibility index (Phi) is 7.07. The molecule has 0 radical (unpaired) electrons. The first-order valence-corrected chi connectivity index (χ1v) is 18.2. The van der Waals surface area contributed by atoms with E-state index in [0.717, 1.165) is 83.2 Å². The number of pyridine rings is 1. The van der Waals surface area contributed by atoms with Gasteiger partial charge in [-0.3, -0.25) is 4.98 Å². The molecule has 7 aromatic carbocycles. The highest BCUT2D eigenvalue weighted by Gasteiger charge is 2.21. The minimum absolute atomic E-state index is 0.636. The second-order valence-corrected chi connectivity index (χ2v) is 13.6. The molecule has 0 fully saturated rings. The number of benzene rings is 7. The molecule has 0 saturated carbocycles. The Morgan fingerprint density at radius 2 is 1.07 bits per heavy atom. The fourth-order valence-corrected chi connectivity index (χ4v) is 7.60. The van der Waals surface area contributed by atoms with Crippen LogP contribution in [-0.2, 0) is 0 Å². The average molecular weight is 708 g/mol. The smallest absolute Gasteiger partial charge is 0.170 e. The highest BCUT2D eigenvalue weighted by molar-refractivity contribution is 6.12. The molecule has 1 aliphatic rings. The molecular weight excluding hydrogens is 679 g/mol. The van der Waals surface area contributed by atoms with Gasteiger partial charge in [-0.1, -0.05) is 97.1 Å². The van der Waals surface area contributed by atoms with Crippen LogP contribution in [0.4, 0.5) is 0 Å². The van der Waals surface area contributed by atoms with Gasteiger partial charge < -0.3 is 13.9 Å². The average Bonchev–Trinajstić information content (AvgIpc) is 3.64. The van der Waals surface area contributed by atoms with Crippen molar-refractivity contribution in [2.24, 2.45) is 0 Å². The molecule has 0 N–H and O–H groups in total. The maximum atomic E-state index is 6.35. The van der Waals surface area contributed by atoms with E-state index in [1.54, 1.807) is 0 Å². The monoisotopic (exact) mass is 707 g/mol. The third-order valence-corrected chi connectivity index (χ3v) is 10.2. The predicted octanol–water partition coefficient (Wildman–Crippen LogP) is 13.2. The number of nitrogens with zero attached hydrogens (tertiary/aromatic N) is 3. The van der Waals surface area contributed by atoms with Crippen LogP contribution in [0, 0.1) is 0 Å². The normalized spacial score (nSPS) is 11.9. The summed E-state index contributed by atoms with van der Waals surface area (Å²) in [6.45, 7) is 0. The van der Waals surface area contributed by atoms with Crippen LogP contribution in [0.25, 0.3) is 89.0 Å². The van der Waals surface area contributed by atoms with Crippen LogP contribution in [0.15, 0.2) is 180 Å². The quantitative estimate of drug-likeness (QED) is 0.177. The molecule has 11 rings (SSSR count). The number of aromatic nitrogens is 3. The molecule has 6 heteroatoms. The second-order valence-electron chi connectivity index (χ2n) is 13.6. The molecule has 0 aliphatic carbocycles. The molecule has 0 saturated heterocycles. The van der Waals surface area contributed by atoms with Gasteiger partial charge in [-0.05, 0) is 95.1 Å². The van der Waals surface area contributed by atoms with Crippen molar-refractivity contribution in [3.05, 3.63) is 176 Å². The molecule has 0 spiro atoms. The Hall–Kier alpha value is -7.57. The van der Waals surface area contributed by atoms with E-state index in [2.05, 4.69) is 77.8 Å². The lowest BCUT2D eigenvalue weighted by Crippen LogP contribution is -1.99. The summed E-state index contributed by atoms with van der Waals surface area (Å²) >= 11 is 0. The fourth-order valence-electron chi connectivity index (χ4n) is 7.60. The van der Waals surface area contributed by atoms with E-state index < -0.39 is 0 Å². The van der Waals surface area contributed by atoms with Crippen LogP contribution in [0.3, 0.4) is 0 Å². The van der Waals surface area contributed by atoms with Gasteiger partial charge in [0.05, 0.1) is 16.9 Å². The lowest BCUT2D eigenvalue weighted by molar-refractivity contribution is 0.360. The SMILES string of the molecule is c1ccc(-c2nc(-c3cc(-c4ccc5c(c4)Oc4ccccc4O5)cc(-c4cccc5ncccc45)c3)cc(-c3cccc4oc5ccccc5c34)n2)cc1. The van der Waals surface area contributed by atoms with E-state index in [9.17, 15) is 0 Å². The van der Waals surface area contributed by atoms with E-state index in [1.165, 1.54) is 0 Å². The largest absolute Gasteiger partial charge is 0.456 e. The summed E-state index contributed by atoms with van der Waals surface area (Å²) < 4.78 is 18.9. The Morgan fingerprint density at radius 1 is 0.382 bits per heavy atom. The topological polar surface area (TPSA) is 70.3 Å². The maximum absolute atomic E-state index is 6.35. The summed E-state index contributed by atoms with van der Waals surface area (Å²) in [5.41, 5.74) is 11.1. The molecule has 6 nitrogen and oxygen atoms in total. The maximum Gasteiger partial charge on any atom is 0.170 e. The van der Waals surface area contributed by atoms with Crippen molar-refractivity contribution in [1.29, 1.82) is 0 Å². The van der Waals surface area contributed by atoms with Crippen molar-refractivity contribution < 1.29 is 13.9 Å². The molecule has 55 heavy (non-hydrogen) atoms. The summed E-state index contributed by atoms with van der Waals surface area (Å²) in [4.78, 5) is 15.1. The van der Waals surface area contributed by atoms with Gasteiger partial charge in [0, 0.05) is 39.0 Å². The zero-order valence-corrected chi connectivity index (χ0v) is 29.3. The van der Waals surface area contributed by atoms with E-state index in [4.69, 9.17) is 23.9 Å². The number of furan rings is 1. The van der Waals surface area contributed by atoms with Crippen molar-refractivity contribution >= 4 is 32.8 Å². The van der Waals surface area contributed by atoms with Crippen molar-refractivity contribution in [1.82, 2.24) is 15.0 Å². The van der Waals surface area contributed by atoms with Crippen LogP contribution in [0.2, 0.25) is 0 Å². The third kappa shape index (κ3) is 5.39. The minimum atomic E-state index is 0.636. The first-order valence-electron chi connectivity index (χ1n) is 18.2. The Labute approximate surface area is 315 Å². The molecule has 0 bridgehead atoms.